The Morgan fingerprint density at radius 3 is 2.45 bits per heavy atom. The summed E-state index contributed by atoms with van der Waals surface area (Å²) in [5, 5.41) is 0. The van der Waals surface area contributed by atoms with Gasteiger partial charge in [0.2, 0.25) is 0 Å². The van der Waals surface area contributed by atoms with Gasteiger partial charge in [0.25, 0.3) is 0 Å². The molecule has 0 atom stereocenters. The van der Waals surface area contributed by atoms with Crippen LogP contribution in [-0.4, -0.2) is 54.0 Å². The molecule has 2 heterocycles. The minimum atomic E-state index is 0.395. The maximum absolute atomic E-state index is 5.80. The fourth-order valence-electron chi connectivity index (χ4n) is 2.66. The fraction of sp³-hybridized carbons (Fsp3) is 0.800. The average molecular weight is 281 g/mol. The van der Waals surface area contributed by atoms with Crippen LogP contribution >= 0.6 is 0 Å². The predicted molar refractivity (Wildman–Crippen MR) is 78.8 cm³/mol. The van der Waals surface area contributed by atoms with Crippen molar-refractivity contribution >= 4 is 0 Å². The Kier molecular flexibility index (Phi) is 5.57. The number of methoxy groups -OCH3 is 1. The first-order valence-corrected chi connectivity index (χ1v) is 7.43. The number of hydrogen-bond donors (Lipinski definition) is 0. The van der Waals surface area contributed by atoms with Gasteiger partial charge < -0.3 is 14.0 Å². The zero-order chi connectivity index (χ0) is 14.5. The second-order valence-electron chi connectivity index (χ2n) is 5.60. The Balaban J connectivity index is 1.78. The van der Waals surface area contributed by atoms with Crippen LogP contribution in [0.1, 0.15) is 30.1 Å². The minimum Gasteiger partial charge on any atom is -0.382 e. The van der Waals surface area contributed by atoms with Crippen molar-refractivity contribution in [3.05, 3.63) is 17.2 Å². The van der Waals surface area contributed by atoms with Crippen molar-refractivity contribution in [2.24, 2.45) is 7.05 Å². The molecule has 0 aliphatic carbocycles. The Morgan fingerprint density at radius 2 is 1.90 bits per heavy atom. The lowest BCUT2D eigenvalue weighted by Crippen LogP contribution is -2.37. The second kappa shape index (κ2) is 7.20. The van der Waals surface area contributed by atoms with Crippen LogP contribution in [0, 0.1) is 13.8 Å². The van der Waals surface area contributed by atoms with Gasteiger partial charge in [-0.05, 0) is 26.7 Å². The Morgan fingerprint density at radius 1 is 1.20 bits per heavy atom. The van der Waals surface area contributed by atoms with Crippen molar-refractivity contribution < 1.29 is 9.47 Å². The summed E-state index contributed by atoms with van der Waals surface area (Å²) in [5.74, 6) is 1.17. The molecule has 1 aliphatic rings. The molecule has 0 unspecified atom stereocenters. The summed E-state index contributed by atoms with van der Waals surface area (Å²) < 4.78 is 13.0. The number of piperidine rings is 1. The van der Waals surface area contributed by atoms with Crippen molar-refractivity contribution in [2.75, 3.05) is 33.4 Å². The number of aromatic nitrogens is 2. The first-order valence-electron chi connectivity index (χ1n) is 7.43. The van der Waals surface area contributed by atoms with Crippen LogP contribution < -0.4 is 0 Å². The molecule has 0 radical (unpaired) electrons. The highest BCUT2D eigenvalue weighted by Crippen LogP contribution is 2.17. The number of imidazole rings is 1. The van der Waals surface area contributed by atoms with Crippen LogP contribution in [0.2, 0.25) is 0 Å². The molecule has 0 spiro atoms. The van der Waals surface area contributed by atoms with Gasteiger partial charge in [-0.1, -0.05) is 0 Å². The molecular formula is C15H27N3O2. The summed E-state index contributed by atoms with van der Waals surface area (Å²) in [6, 6.07) is 0. The lowest BCUT2D eigenvalue weighted by molar-refractivity contribution is -0.0162. The number of rotatable bonds is 6. The van der Waals surface area contributed by atoms with E-state index in [1.807, 2.05) is 0 Å². The molecule has 1 fully saturated rings. The normalized spacial score (nSPS) is 17.8. The summed E-state index contributed by atoms with van der Waals surface area (Å²) in [6.07, 6.45) is 2.60. The smallest absolute Gasteiger partial charge is 0.123 e. The number of aryl methyl sites for hydroxylation is 1. The van der Waals surface area contributed by atoms with Gasteiger partial charge in [-0.2, -0.15) is 0 Å². The molecule has 5 heteroatoms. The van der Waals surface area contributed by atoms with E-state index in [9.17, 15) is 0 Å². The lowest BCUT2D eigenvalue weighted by atomic mass is 10.1. The van der Waals surface area contributed by atoms with Gasteiger partial charge in [0.15, 0.2) is 0 Å². The molecule has 20 heavy (non-hydrogen) atoms. The molecule has 0 bridgehead atoms. The van der Waals surface area contributed by atoms with Gasteiger partial charge in [-0.3, -0.25) is 4.90 Å². The molecule has 114 valence electrons. The molecule has 2 rings (SSSR count). The molecular weight excluding hydrogens is 254 g/mol. The van der Waals surface area contributed by atoms with Crippen LogP contribution in [0.15, 0.2) is 0 Å². The number of ether oxygens (including phenoxy) is 2. The third-order valence-corrected chi connectivity index (χ3v) is 4.25. The van der Waals surface area contributed by atoms with Gasteiger partial charge >= 0.3 is 0 Å². The first-order chi connectivity index (χ1) is 9.61. The topological polar surface area (TPSA) is 39.5 Å². The molecule has 0 N–H and O–H groups in total. The third kappa shape index (κ3) is 3.81. The monoisotopic (exact) mass is 281 g/mol. The molecule has 1 aromatic rings. The van der Waals surface area contributed by atoms with E-state index in [0.717, 1.165) is 38.2 Å². The van der Waals surface area contributed by atoms with Crippen LogP contribution in [0.5, 0.6) is 0 Å². The summed E-state index contributed by atoms with van der Waals surface area (Å²) in [7, 11) is 3.81. The Hall–Kier alpha value is -0.910. The summed E-state index contributed by atoms with van der Waals surface area (Å²) in [4.78, 5) is 7.13. The van der Waals surface area contributed by atoms with E-state index < -0.39 is 0 Å². The number of nitrogens with zero attached hydrogens (tertiary/aromatic N) is 3. The van der Waals surface area contributed by atoms with Gasteiger partial charge in [-0.25, -0.2) is 4.98 Å². The minimum absolute atomic E-state index is 0.395. The SMILES string of the molecule is COCCOC1CCN(Cc2nc(C)c(C)n2C)CC1. The maximum atomic E-state index is 5.80. The molecule has 1 saturated heterocycles. The van der Waals surface area contributed by atoms with E-state index in [-0.39, 0.29) is 0 Å². The summed E-state index contributed by atoms with van der Waals surface area (Å²) >= 11 is 0. The highest BCUT2D eigenvalue weighted by molar-refractivity contribution is 5.13. The van der Waals surface area contributed by atoms with Crippen molar-refractivity contribution in [1.29, 1.82) is 0 Å². The second-order valence-corrected chi connectivity index (χ2v) is 5.60. The van der Waals surface area contributed by atoms with Gasteiger partial charge in [0.05, 0.1) is 31.6 Å². The van der Waals surface area contributed by atoms with Crippen LogP contribution in [0.3, 0.4) is 0 Å². The van der Waals surface area contributed by atoms with Gasteiger partial charge in [-0.15, -0.1) is 0 Å². The quantitative estimate of drug-likeness (QED) is 0.744. The summed E-state index contributed by atoms with van der Waals surface area (Å²) in [6.45, 7) is 8.71. The highest BCUT2D eigenvalue weighted by Gasteiger charge is 2.21. The van der Waals surface area contributed by atoms with Crippen LogP contribution in [0.4, 0.5) is 0 Å². The van der Waals surface area contributed by atoms with Gasteiger partial charge in [0, 0.05) is 32.9 Å². The lowest BCUT2D eigenvalue weighted by Gasteiger charge is -2.31. The highest BCUT2D eigenvalue weighted by atomic mass is 16.5. The fourth-order valence-corrected chi connectivity index (χ4v) is 2.66. The van der Waals surface area contributed by atoms with E-state index in [1.165, 1.54) is 11.5 Å². The molecule has 0 saturated carbocycles. The average Bonchev–Trinajstić information content (AvgIpc) is 2.69. The van der Waals surface area contributed by atoms with E-state index in [1.54, 1.807) is 7.11 Å². The summed E-state index contributed by atoms with van der Waals surface area (Å²) in [5.41, 5.74) is 2.40. The van der Waals surface area contributed by atoms with Crippen molar-refractivity contribution in [3.8, 4) is 0 Å². The molecule has 1 aliphatic heterocycles. The zero-order valence-electron chi connectivity index (χ0n) is 13.2. The molecule has 5 nitrogen and oxygen atoms in total. The maximum Gasteiger partial charge on any atom is 0.123 e. The van der Waals surface area contributed by atoms with Crippen molar-refractivity contribution in [1.82, 2.24) is 14.5 Å². The van der Waals surface area contributed by atoms with Crippen molar-refractivity contribution in [2.45, 2.75) is 39.3 Å². The largest absolute Gasteiger partial charge is 0.382 e. The molecule has 0 amide bonds. The first kappa shape index (κ1) is 15.5. The third-order valence-electron chi connectivity index (χ3n) is 4.25. The Bertz CT molecular complexity index is 423. The standard InChI is InChI=1S/C15H27N3O2/c1-12-13(2)17(3)15(16-12)11-18-7-5-14(6-8-18)20-10-9-19-4/h14H,5-11H2,1-4H3. The van der Waals surface area contributed by atoms with Crippen molar-refractivity contribution in [3.63, 3.8) is 0 Å². The predicted octanol–water partition coefficient (Wildman–Crippen LogP) is 1.66. The van der Waals surface area contributed by atoms with Gasteiger partial charge in [0.1, 0.15) is 5.82 Å². The van der Waals surface area contributed by atoms with E-state index in [0.29, 0.717) is 19.3 Å². The molecule has 1 aromatic heterocycles. The number of likely N-dealkylation sites (tertiary alicyclic amines) is 1. The molecule has 0 aromatic carbocycles. The number of hydrogen-bond acceptors (Lipinski definition) is 4. The van der Waals surface area contributed by atoms with E-state index in [2.05, 4.69) is 35.3 Å². The van der Waals surface area contributed by atoms with Crippen LogP contribution in [-0.2, 0) is 23.1 Å². The van der Waals surface area contributed by atoms with E-state index >= 15 is 0 Å². The van der Waals surface area contributed by atoms with E-state index in [4.69, 9.17) is 9.47 Å². The Labute approximate surface area is 121 Å². The zero-order valence-corrected chi connectivity index (χ0v) is 13.2. The van der Waals surface area contributed by atoms with Crippen LogP contribution in [0.25, 0.3) is 0 Å².